The van der Waals surface area contributed by atoms with Crippen LogP contribution in [0.25, 0.3) is 0 Å². The minimum atomic E-state index is -0.969. The standard InChI is InChI=1S/C44H82O10/c1-7-11-13-15-19-25-31-37(49-5)40(34-28-22-18-24-30-36-42(46)52-10-4)54-44(48)43(47)53-39(33-27-20-16-14-12-8-2)38(50-6)32-26-21-17-23-29-35-41(45)51-9-3/h37-40H,7-36H2,1-6H3. The normalized spacial score (nSPS) is 13.5. The van der Waals surface area contributed by atoms with Gasteiger partial charge in [0.25, 0.3) is 0 Å². The number of rotatable bonds is 38. The van der Waals surface area contributed by atoms with Crippen LogP contribution in [0.1, 0.15) is 207 Å². The maximum absolute atomic E-state index is 13.4. The highest BCUT2D eigenvalue weighted by Crippen LogP contribution is 2.23. The lowest BCUT2D eigenvalue weighted by Crippen LogP contribution is -2.39. The first-order chi connectivity index (χ1) is 26.3. The summed E-state index contributed by atoms with van der Waals surface area (Å²) in [5.74, 6) is -2.23. The van der Waals surface area contributed by atoms with E-state index in [1.807, 2.05) is 13.8 Å². The smallest absolute Gasteiger partial charge is 0.417 e. The van der Waals surface area contributed by atoms with Gasteiger partial charge in [-0.2, -0.15) is 0 Å². The van der Waals surface area contributed by atoms with Gasteiger partial charge in [0, 0.05) is 27.1 Å². The van der Waals surface area contributed by atoms with E-state index in [2.05, 4.69) is 13.8 Å². The fraction of sp³-hybridized carbons (Fsp3) is 0.909. The van der Waals surface area contributed by atoms with E-state index in [9.17, 15) is 19.2 Å². The molecular formula is C44H82O10. The molecular weight excluding hydrogens is 688 g/mol. The Balaban J connectivity index is 5.39. The van der Waals surface area contributed by atoms with E-state index in [0.717, 1.165) is 103 Å². The zero-order chi connectivity index (χ0) is 40.1. The minimum absolute atomic E-state index is 0.143. The molecule has 0 aromatic rings. The molecule has 0 bridgehead atoms. The Labute approximate surface area is 330 Å². The van der Waals surface area contributed by atoms with Gasteiger partial charge in [-0.05, 0) is 65.2 Å². The van der Waals surface area contributed by atoms with E-state index in [0.29, 0.717) is 45.3 Å². The van der Waals surface area contributed by atoms with Gasteiger partial charge in [0.15, 0.2) is 0 Å². The summed E-state index contributed by atoms with van der Waals surface area (Å²) in [5, 5.41) is 0. The molecule has 4 unspecified atom stereocenters. The molecule has 0 aromatic carbocycles. The van der Waals surface area contributed by atoms with Crippen LogP contribution in [0.4, 0.5) is 0 Å². The predicted octanol–water partition coefficient (Wildman–Crippen LogP) is 10.9. The van der Waals surface area contributed by atoms with Crippen LogP contribution in [0.5, 0.6) is 0 Å². The molecule has 0 saturated heterocycles. The zero-order valence-corrected chi connectivity index (χ0v) is 35.6. The van der Waals surface area contributed by atoms with Crippen molar-refractivity contribution < 1.29 is 47.6 Å². The van der Waals surface area contributed by atoms with Crippen molar-refractivity contribution in [2.45, 2.75) is 232 Å². The fourth-order valence-electron chi connectivity index (χ4n) is 6.93. The molecule has 54 heavy (non-hydrogen) atoms. The number of hydrogen-bond acceptors (Lipinski definition) is 10. The summed E-state index contributed by atoms with van der Waals surface area (Å²) in [6.07, 6.45) is 24.4. The van der Waals surface area contributed by atoms with Crippen molar-refractivity contribution in [2.75, 3.05) is 27.4 Å². The highest BCUT2D eigenvalue weighted by atomic mass is 16.6. The molecule has 4 atom stereocenters. The number of carbonyl (C=O) groups is 4. The van der Waals surface area contributed by atoms with Crippen LogP contribution in [-0.2, 0) is 47.6 Å². The highest BCUT2D eigenvalue weighted by molar-refractivity contribution is 6.29. The zero-order valence-electron chi connectivity index (χ0n) is 35.6. The molecule has 0 radical (unpaired) electrons. The first-order valence-corrected chi connectivity index (χ1v) is 22.1. The number of methoxy groups -OCH3 is 2. The van der Waals surface area contributed by atoms with Crippen molar-refractivity contribution in [1.82, 2.24) is 0 Å². The number of hydrogen-bond donors (Lipinski definition) is 0. The lowest BCUT2D eigenvalue weighted by atomic mass is 9.99. The van der Waals surface area contributed by atoms with Crippen LogP contribution >= 0.6 is 0 Å². The quantitative estimate of drug-likeness (QED) is 0.0259. The molecule has 0 aliphatic heterocycles. The Hall–Kier alpha value is -2.20. The molecule has 0 saturated carbocycles. The van der Waals surface area contributed by atoms with Gasteiger partial charge < -0.3 is 28.4 Å². The van der Waals surface area contributed by atoms with Crippen molar-refractivity contribution in [3.05, 3.63) is 0 Å². The first kappa shape index (κ1) is 51.8. The van der Waals surface area contributed by atoms with Gasteiger partial charge in [0.05, 0.1) is 25.4 Å². The first-order valence-electron chi connectivity index (χ1n) is 22.1. The van der Waals surface area contributed by atoms with E-state index in [4.69, 9.17) is 28.4 Å². The second-order valence-corrected chi connectivity index (χ2v) is 14.8. The molecule has 318 valence electrons. The maximum atomic E-state index is 13.4. The molecule has 10 nitrogen and oxygen atoms in total. The Kier molecular flexibility index (Phi) is 36.2. The second kappa shape index (κ2) is 37.7. The average Bonchev–Trinajstić information content (AvgIpc) is 3.16. The molecule has 10 heteroatoms. The van der Waals surface area contributed by atoms with Crippen molar-refractivity contribution in [1.29, 1.82) is 0 Å². The van der Waals surface area contributed by atoms with E-state index in [1.165, 1.54) is 44.9 Å². The summed E-state index contributed by atoms with van der Waals surface area (Å²) in [4.78, 5) is 50.0. The predicted molar refractivity (Wildman–Crippen MR) is 215 cm³/mol. The fourth-order valence-corrected chi connectivity index (χ4v) is 6.93. The van der Waals surface area contributed by atoms with E-state index in [-0.39, 0.29) is 24.1 Å². The lowest BCUT2D eigenvalue weighted by molar-refractivity contribution is -0.182. The van der Waals surface area contributed by atoms with Crippen molar-refractivity contribution in [3.8, 4) is 0 Å². The summed E-state index contributed by atoms with van der Waals surface area (Å²) in [5.41, 5.74) is 0. The van der Waals surface area contributed by atoms with E-state index >= 15 is 0 Å². The Morgan fingerprint density at radius 3 is 0.944 bits per heavy atom. The number of ether oxygens (including phenoxy) is 6. The molecule has 0 amide bonds. The summed E-state index contributed by atoms with van der Waals surface area (Å²) in [6, 6.07) is 0. The number of unbranched alkanes of at least 4 members (excludes halogenated alkanes) is 18. The van der Waals surface area contributed by atoms with Crippen LogP contribution in [-0.4, -0.2) is 75.7 Å². The summed E-state index contributed by atoms with van der Waals surface area (Å²) >= 11 is 0. The van der Waals surface area contributed by atoms with Gasteiger partial charge in [-0.1, -0.05) is 129 Å². The molecule has 0 spiro atoms. The number of esters is 4. The molecule has 0 heterocycles. The summed E-state index contributed by atoms with van der Waals surface area (Å²) < 4.78 is 33.6. The third kappa shape index (κ3) is 29.1. The Bertz CT molecular complexity index is 910. The van der Waals surface area contributed by atoms with Gasteiger partial charge in [-0.25, -0.2) is 9.59 Å². The van der Waals surface area contributed by atoms with Crippen LogP contribution in [0, 0.1) is 0 Å². The topological polar surface area (TPSA) is 124 Å². The van der Waals surface area contributed by atoms with E-state index in [1.54, 1.807) is 14.2 Å². The molecule has 0 fully saturated rings. The summed E-state index contributed by atoms with van der Waals surface area (Å²) in [7, 11) is 3.29. The average molecular weight is 771 g/mol. The van der Waals surface area contributed by atoms with Gasteiger partial charge >= 0.3 is 23.9 Å². The minimum Gasteiger partial charge on any atom is -0.466 e. The Morgan fingerprint density at radius 1 is 0.370 bits per heavy atom. The molecule has 0 rings (SSSR count). The lowest BCUT2D eigenvalue weighted by Gasteiger charge is -2.28. The van der Waals surface area contributed by atoms with Crippen LogP contribution < -0.4 is 0 Å². The van der Waals surface area contributed by atoms with Gasteiger partial charge in [0.1, 0.15) is 12.2 Å². The Morgan fingerprint density at radius 2 is 0.648 bits per heavy atom. The van der Waals surface area contributed by atoms with Crippen LogP contribution in [0.2, 0.25) is 0 Å². The maximum Gasteiger partial charge on any atom is 0.417 e. The van der Waals surface area contributed by atoms with Crippen molar-refractivity contribution in [3.63, 3.8) is 0 Å². The largest absolute Gasteiger partial charge is 0.466 e. The van der Waals surface area contributed by atoms with Crippen molar-refractivity contribution >= 4 is 23.9 Å². The SMILES string of the molecule is CCCCCCCCC(OC)C(CCCCCCCC(=O)OCC)OC(=O)C(=O)OC(CCCCCCCC)C(CCCCCCCC(=O)OCC)OC. The van der Waals surface area contributed by atoms with Gasteiger partial charge in [-0.3, -0.25) is 9.59 Å². The van der Waals surface area contributed by atoms with Crippen LogP contribution in [0.15, 0.2) is 0 Å². The third-order valence-corrected chi connectivity index (χ3v) is 10.2. The highest BCUT2D eigenvalue weighted by Gasteiger charge is 2.32. The third-order valence-electron chi connectivity index (χ3n) is 10.2. The number of carbonyl (C=O) groups excluding carboxylic acids is 4. The molecule has 0 aliphatic rings. The monoisotopic (exact) mass is 771 g/mol. The van der Waals surface area contributed by atoms with Crippen LogP contribution in [0.3, 0.4) is 0 Å². The van der Waals surface area contributed by atoms with Gasteiger partial charge in [0.2, 0.25) is 0 Å². The molecule has 0 aliphatic carbocycles. The van der Waals surface area contributed by atoms with E-state index < -0.39 is 24.1 Å². The summed E-state index contributed by atoms with van der Waals surface area (Å²) in [6.45, 7) is 8.85. The van der Waals surface area contributed by atoms with Gasteiger partial charge in [-0.15, -0.1) is 0 Å². The van der Waals surface area contributed by atoms with Crippen molar-refractivity contribution in [2.24, 2.45) is 0 Å². The second-order valence-electron chi connectivity index (χ2n) is 14.8. The molecule has 0 N–H and O–H groups in total. The molecule has 0 aromatic heterocycles.